The Morgan fingerprint density at radius 3 is 1.62 bits per heavy atom. The van der Waals surface area contributed by atoms with Crippen LogP contribution in [0.25, 0.3) is 0 Å². The number of benzene rings is 3. The molecule has 0 bridgehead atoms. The molecule has 0 heterocycles. The number of phenols is 2. The molecule has 0 aromatic heterocycles. The zero-order valence-corrected chi connectivity index (χ0v) is 18.1. The number of aromatic hydroxyl groups is 2. The summed E-state index contributed by atoms with van der Waals surface area (Å²) < 4.78 is 33.8. The van der Waals surface area contributed by atoms with Gasteiger partial charge in [0.15, 0.2) is 4.75 Å². The van der Waals surface area contributed by atoms with Gasteiger partial charge in [0, 0.05) is 26.7 Å². The first-order valence-corrected chi connectivity index (χ1v) is 10.8. The van der Waals surface area contributed by atoms with E-state index in [1.165, 1.54) is 42.5 Å². The van der Waals surface area contributed by atoms with E-state index in [-0.39, 0.29) is 36.8 Å². The SMILES string of the molecule is O=S(=O)(O)C(c1ccc(Cl)cc1O)(c1ccc(Cl)cc1O)c1cccc(Cl)c1Cl. The lowest BCUT2D eigenvalue weighted by molar-refractivity contribution is 0.428. The first-order valence-electron chi connectivity index (χ1n) is 7.89. The van der Waals surface area contributed by atoms with Crippen molar-refractivity contribution in [3.63, 3.8) is 0 Å². The van der Waals surface area contributed by atoms with E-state index in [4.69, 9.17) is 46.4 Å². The van der Waals surface area contributed by atoms with Gasteiger partial charge in [-0.1, -0.05) is 70.7 Å². The molecule has 0 aliphatic carbocycles. The van der Waals surface area contributed by atoms with Crippen LogP contribution in [0, 0.1) is 0 Å². The molecule has 3 aromatic carbocycles. The van der Waals surface area contributed by atoms with Crippen molar-refractivity contribution in [2.45, 2.75) is 4.75 Å². The summed E-state index contributed by atoms with van der Waals surface area (Å²) in [4.78, 5) is 0. The summed E-state index contributed by atoms with van der Waals surface area (Å²) in [5.41, 5.74) is -0.790. The quantitative estimate of drug-likeness (QED) is 0.311. The van der Waals surface area contributed by atoms with Gasteiger partial charge in [-0.3, -0.25) is 4.55 Å². The van der Waals surface area contributed by atoms with Crippen LogP contribution in [0.3, 0.4) is 0 Å². The summed E-state index contributed by atoms with van der Waals surface area (Å²) in [7, 11) is -5.14. The fraction of sp³-hybridized carbons (Fsp3) is 0.0526. The lowest BCUT2D eigenvalue weighted by Gasteiger charge is -2.34. The normalized spacial score (nSPS) is 12.2. The topological polar surface area (TPSA) is 94.8 Å². The minimum atomic E-state index is -5.14. The largest absolute Gasteiger partial charge is 0.508 e. The Labute approximate surface area is 186 Å². The van der Waals surface area contributed by atoms with Crippen molar-refractivity contribution in [1.29, 1.82) is 0 Å². The van der Waals surface area contributed by atoms with Crippen LogP contribution in [0.2, 0.25) is 20.1 Å². The lowest BCUT2D eigenvalue weighted by Crippen LogP contribution is -2.38. The molecule has 152 valence electrons. The zero-order chi connectivity index (χ0) is 21.6. The Hall–Kier alpha value is -1.67. The maximum absolute atomic E-state index is 13.0. The average Bonchev–Trinajstić information content (AvgIpc) is 2.60. The number of phenolic OH excluding ortho intramolecular Hbond substituents is 2. The van der Waals surface area contributed by atoms with Crippen LogP contribution in [0.4, 0.5) is 0 Å². The standard InChI is InChI=1S/C19H12Cl4O5S/c20-10-4-6-12(16(24)8-10)19(29(26,27)28,13-7-5-11(21)9-17(13)25)14-2-1-3-15(22)18(14)23/h1-9,24-25H,(H,26,27,28). The second-order valence-electron chi connectivity index (χ2n) is 6.08. The summed E-state index contributed by atoms with van der Waals surface area (Å²) in [5.74, 6) is -1.11. The smallest absolute Gasteiger partial charge is 0.283 e. The van der Waals surface area contributed by atoms with Crippen molar-refractivity contribution in [1.82, 2.24) is 0 Å². The van der Waals surface area contributed by atoms with Crippen molar-refractivity contribution >= 4 is 56.5 Å². The van der Waals surface area contributed by atoms with Crippen molar-refractivity contribution in [2.75, 3.05) is 0 Å². The minimum Gasteiger partial charge on any atom is -0.508 e. The first kappa shape index (κ1) is 22.0. The van der Waals surface area contributed by atoms with E-state index in [9.17, 15) is 23.2 Å². The Kier molecular flexibility index (Phi) is 5.98. The van der Waals surface area contributed by atoms with E-state index < -0.39 is 26.4 Å². The predicted octanol–water partition coefficient (Wildman–Crippen LogP) is 5.89. The third-order valence-electron chi connectivity index (χ3n) is 4.40. The Morgan fingerprint density at radius 2 is 1.21 bits per heavy atom. The molecule has 0 amide bonds. The fourth-order valence-electron chi connectivity index (χ4n) is 3.23. The molecule has 0 aliphatic rings. The van der Waals surface area contributed by atoms with E-state index in [1.807, 2.05) is 0 Å². The van der Waals surface area contributed by atoms with Crippen LogP contribution in [0.15, 0.2) is 54.6 Å². The van der Waals surface area contributed by atoms with Crippen molar-refractivity contribution in [3.8, 4) is 11.5 Å². The Morgan fingerprint density at radius 1 is 0.724 bits per heavy atom. The molecule has 5 nitrogen and oxygen atoms in total. The van der Waals surface area contributed by atoms with Crippen LogP contribution < -0.4 is 0 Å². The monoisotopic (exact) mass is 492 g/mol. The highest BCUT2D eigenvalue weighted by atomic mass is 35.5. The predicted molar refractivity (Wildman–Crippen MR) is 114 cm³/mol. The minimum absolute atomic E-state index is 0.000835. The summed E-state index contributed by atoms with van der Waals surface area (Å²) in [6.07, 6.45) is 0. The van der Waals surface area contributed by atoms with Crippen molar-refractivity contribution in [3.05, 3.63) is 91.4 Å². The Balaban J connectivity index is 2.63. The van der Waals surface area contributed by atoms with E-state index in [0.29, 0.717) is 0 Å². The molecule has 0 saturated carbocycles. The first-order chi connectivity index (χ1) is 13.5. The van der Waals surface area contributed by atoms with Gasteiger partial charge >= 0.3 is 0 Å². The summed E-state index contributed by atoms with van der Waals surface area (Å²) >= 11 is 24.2. The van der Waals surface area contributed by atoms with Crippen LogP contribution in [0.5, 0.6) is 11.5 Å². The molecule has 0 fully saturated rings. The van der Waals surface area contributed by atoms with Gasteiger partial charge < -0.3 is 10.2 Å². The molecule has 3 rings (SSSR count). The van der Waals surface area contributed by atoms with E-state index in [1.54, 1.807) is 0 Å². The van der Waals surface area contributed by atoms with E-state index >= 15 is 0 Å². The van der Waals surface area contributed by atoms with Gasteiger partial charge in [0.2, 0.25) is 0 Å². The number of halogens is 4. The highest BCUT2D eigenvalue weighted by Gasteiger charge is 2.52. The van der Waals surface area contributed by atoms with Gasteiger partial charge in [-0.05, 0) is 30.3 Å². The van der Waals surface area contributed by atoms with Gasteiger partial charge in [0.1, 0.15) is 11.5 Å². The molecule has 29 heavy (non-hydrogen) atoms. The Bertz CT molecular complexity index is 1160. The van der Waals surface area contributed by atoms with Gasteiger partial charge in [-0.2, -0.15) is 8.42 Å². The highest BCUT2D eigenvalue weighted by molar-refractivity contribution is 7.87. The van der Waals surface area contributed by atoms with E-state index in [2.05, 4.69) is 0 Å². The summed E-state index contributed by atoms with van der Waals surface area (Å²) in [6.45, 7) is 0. The van der Waals surface area contributed by atoms with Gasteiger partial charge in [-0.25, -0.2) is 0 Å². The van der Waals surface area contributed by atoms with Gasteiger partial charge in [-0.15, -0.1) is 0 Å². The molecule has 10 heteroatoms. The molecule has 3 N–H and O–H groups in total. The molecule has 0 aliphatic heterocycles. The van der Waals surface area contributed by atoms with Crippen LogP contribution >= 0.6 is 46.4 Å². The summed E-state index contributed by atoms with van der Waals surface area (Å²) in [5, 5.41) is 21.2. The molecule has 0 unspecified atom stereocenters. The molecule has 3 aromatic rings. The maximum Gasteiger partial charge on any atom is 0.283 e. The van der Waals surface area contributed by atoms with E-state index in [0.717, 1.165) is 12.1 Å². The van der Waals surface area contributed by atoms with Gasteiger partial charge in [0.05, 0.1) is 10.0 Å². The van der Waals surface area contributed by atoms with Crippen LogP contribution in [-0.4, -0.2) is 23.2 Å². The summed E-state index contributed by atoms with van der Waals surface area (Å²) in [6, 6.07) is 11.4. The molecule has 0 saturated heterocycles. The molecule has 0 spiro atoms. The maximum atomic E-state index is 13.0. The third kappa shape index (κ3) is 3.65. The van der Waals surface area contributed by atoms with Crippen LogP contribution in [-0.2, 0) is 14.9 Å². The number of hydrogen-bond donors (Lipinski definition) is 3. The zero-order valence-electron chi connectivity index (χ0n) is 14.3. The molecular formula is C19H12Cl4O5S. The molecule has 0 radical (unpaired) electrons. The van der Waals surface area contributed by atoms with Gasteiger partial charge in [0.25, 0.3) is 10.1 Å². The molecular weight excluding hydrogens is 482 g/mol. The number of hydrogen-bond acceptors (Lipinski definition) is 4. The second-order valence-corrected chi connectivity index (χ2v) is 9.30. The van der Waals surface area contributed by atoms with Crippen LogP contribution in [0.1, 0.15) is 16.7 Å². The second kappa shape index (κ2) is 7.87. The van der Waals surface area contributed by atoms with Crippen molar-refractivity contribution < 1.29 is 23.2 Å². The highest BCUT2D eigenvalue weighted by Crippen LogP contribution is 2.52. The lowest BCUT2D eigenvalue weighted by atomic mass is 9.83. The molecule has 0 atom stereocenters. The van der Waals surface area contributed by atoms with Crippen molar-refractivity contribution in [2.24, 2.45) is 0 Å². The number of rotatable bonds is 4. The fourth-order valence-corrected chi connectivity index (χ4v) is 5.41. The average molecular weight is 494 g/mol. The third-order valence-corrected chi connectivity index (χ3v) is 7.12.